The van der Waals surface area contributed by atoms with Gasteiger partial charge in [-0.15, -0.1) is 0 Å². The van der Waals surface area contributed by atoms with Gasteiger partial charge in [0.2, 0.25) is 0 Å². The predicted molar refractivity (Wildman–Crippen MR) is 58.1 cm³/mol. The minimum atomic E-state index is -1.07. The first-order valence-electron chi connectivity index (χ1n) is 4.86. The minimum Gasteiger partial charge on any atom is -0.493 e. The predicted octanol–water partition coefficient (Wildman–Crippen LogP) is 1.22. The van der Waals surface area contributed by atoms with E-state index >= 15 is 0 Å². The third kappa shape index (κ3) is 2.43. The largest absolute Gasteiger partial charge is 0.493 e. The molecule has 0 spiro atoms. The van der Waals surface area contributed by atoms with Crippen LogP contribution in [-0.2, 0) is 0 Å². The van der Waals surface area contributed by atoms with Crippen LogP contribution in [0, 0.1) is 5.82 Å². The normalized spacial score (nSPS) is 14.4. The molecule has 0 saturated heterocycles. The van der Waals surface area contributed by atoms with Crippen molar-refractivity contribution in [1.29, 1.82) is 0 Å². The standard InChI is InChI=1S/C11H16FNO3/c1-6(13)11(14)7-4-9(15-2)10(16-3)5-8(7)12/h4-6,11,14H,13H2,1-3H3/t6-,11-/m0/s1. The number of hydrogen-bond donors (Lipinski definition) is 2. The molecule has 1 aromatic carbocycles. The van der Waals surface area contributed by atoms with Crippen molar-refractivity contribution in [2.24, 2.45) is 5.73 Å². The van der Waals surface area contributed by atoms with Crippen LogP contribution in [-0.4, -0.2) is 25.4 Å². The summed E-state index contributed by atoms with van der Waals surface area (Å²) in [5.41, 5.74) is 5.61. The smallest absolute Gasteiger partial charge is 0.163 e. The van der Waals surface area contributed by atoms with E-state index in [1.165, 1.54) is 26.4 Å². The van der Waals surface area contributed by atoms with Crippen LogP contribution in [0.5, 0.6) is 11.5 Å². The third-order valence-electron chi connectivity index (χ3n) is 2.32. The van der Waals surface area contributed by atoms with Crippen molar-refractivity contribution >= 4 is 0 Å². The summed E-state index contributed by atoms with van der Waals surface area (Å²) in [7, 11) is 2.86. The van der Waals surface area contributed by atoms with E-state index in [0.717, 1.165) is 0 Å². The molecular formula is C11H16FNO3. The molecule has 0 amide bonds. The lowest BCUT2D eigenvalue weighted by Crippen LogP contribution is -2.25. The van der Waals surface area contributed by atoms with Gasteiger partial charge in [-0.2, -0.15) is 0 Å². The van der Waals surface area contributed by atoms with Gasteiger partial charge in [0.05, 0.1) is 20.3 Å². The molecule has 5 heteroatoms. The fourth-order valence-corrected chi connectivity index (χ4v) is 1.38. The molecule has 0 aliphatic carbocycles. The average molecular weight is 229 g/mol. The van der Waals surface area contributed by atoms with Crippen LogP contribution < -0.4 is 15.2 Å². The van der Waals surface area contributed by atoms with Crippen LogP contribution in [0.25, 0.3) is 0 Å². The maximum atomic E-state index is 13.6. The maximum absolute atomic E-state index is 13.6. The summed E-state index contributed by atoms with van der Waals surface area (Å²) in [6.07, 6.45) is -1.07. The van der Waals surface area contributed by atoms with Crippen molar-refractivity contribution in [2.45, 2.75) is 19.1 Å². The molecule has 0 heterocycles. The summed E-state index contributed by atoms with van der Waals surface area (Å²) in [6.45, 7) is 1.60. The van der Waals surface area contributed by atoms with Crippen LogP contribution in [0.3, 0.4) is 0 Å². The van der Waals surface area contributed by atoms with Crippen LogP contribution >= 0.6 is 0 Å². The highest BCUT2D eigenvalue weighted by Gasteiger charge is 2.20. The highest BCUT2D eigenvalue weighted by molar-refractivity contribution is 5.44. The van der Waals surface area contributed by atoms with Crippen molar-refractivity contribution in [1.82, 2.24) is 0 Å². The molecule has 1 aromatic rings. The second-order valence-corrected chi connectivity index (χ2v) is 3.53. The first kappa shape index (κ1) is 12.7. The molecule has 2 atom stereocenters. The van der Waals surface area contributed by atoms with Gasteiger partial charge in [0.1, 0.15) is 5.82 Å². The molecule has 0 bridgehead atoms. The summed E-state index contributed by atoms with van der Waals surface area (Å²) in [5.74, 6) is 0.0710. The van der Waals surface area contributed by atoms with E-state index in [2.05, 4.69) is 0 Å². The Kier molecular flexibility index (Phi) is 4.09. The first-order valence-corrected chi connectivity index (χ1v) is 4.86. The lowest BCUT2D eigenvalue weighted by molar-refractivity contribution is 0.148. The van der Waals surface area contributed by atoms with Gasteiger partial charge >= 0.3 is 0 Å². The lowest BCUT2D eigenvalue weighted by Gasteiger charge is -2.17. The zero-order valence-corrected chi connectivity index (χ0v) is 9.53. The van der Waals surface area contributed by atoms with E-state index in [0.29, 0.717) is 5.75 Å². The fourth-order valence-electron chi connectivity index (χ4n) is 1.38. The van der Waals surface area contributed by atoms with E-state index < -0.39 is 18.0 Å². The fraction of sp³-hybridized carbons (Fsp3) is 0.455. The number of rotatable bonds is 4. The van der Waals surface area contributed by atoms with Gasteiger partial charge < -0.3 is 20.3 Å². The molecule has 4 nitrogen and oxygen atoms in total. The van der Waals surface area contributed by atoms with Crippen LogP contribution in [0.1, 0.15) is 18.6 Å². The number of ether oxygens (including phenoxy) is 2. The summed E-state index contributed by atoms with van der Waals surface area (Å²) < 4.78 is 23.6. The number of aliphatic hydroxyl groups is 1. The van der Waals surface area contributed by atoms with Gasteiger partial charge in [0.25, 0.3) is 0 Å². The van der Waals surface area contributed by atoms with Crippen LogP contribution in [0.15, 0.2) is 12.1 Å². The Bertz CT molecular complexity index is 368. The molecule has 90 valence electrons. The second kappa shape index (κ2) is 5.14. The molecule has 0 fully saturated rings. The number of benzene rings is 1. The molecule has 0 unspecified atom stereocenters. The van der Waals surface area contributed by atoms with Crippen molar-refractivity contribution in [3.05, 3.63) is 23.5 Å². The highest BCUT2D eigenvalue weighted by atomic mass is 19.1. The average Bonchev–Trinajstić information content (AvgIpc) is 2.27. The van der Waals surface area contributed by atoms with E-state index in [1.807, 2.05) is 0 Å². The van der Waals surface area contributed by atoms with Crippen molar-refractivity contribution < 1.29 is 19.0 Å². The Labute approximate surface area is 93.8 Å². The van der Waals surface area contributed by atoms with E-state index in [9.17, 15) is 9.50 Å². The molecule has 0 aliphatic rings. The third-order valence-corrected chi connectivity index (χ3v) is 2.32. The molecule has 3 N–H and O–H groups in total. The Morgan fingerprint density at radius 3 is 2.19 bits per heavy atom. The Balaban J connectivity index is 3.21. The second-order valence-electron chi connectivity index (χ2n) is 3.53. The molecular weight excluding hydrogens is 213 g/mol. The molecule has 0 aliphatic heterocycles. The number of halogens is 1. The lowest BCUT2D eigenvalue weighted by atomic mass is 10.0. The first-order chi connectivity index (χ1) is 7.51. The monoisotopic (exact) mass is 229 g/mol. The highest BCUT2D eigenvalue weighted by Crippen LogP contribution is 2.32. The summed E-state index contributed by atoms with van der Waals surface area (Å²) in [4.78, 5) is 0. The van der Waals surface area contributed by atoms with Crippen molar-refractivity contribution in [3.8, 4) is 11.5 Å². The Morgan fingerprint density at radius 2 is 1.75 bits per heavy atom. The summed E-state index contributed by atoms with van der Waals surface area (Å²) in [5, 5.41) is 9.70. The van der Waals surface area contributed by atoms with Gasteiger partial charge in [0, 0.05) is 17.7 Å². The van der Waals surface area contributed by atoms with Gasteiger partial charge in [0.15, 0.2) is 11.5 Å². The SMILES string of the molecule is COc1cc(F)c([C@@H](O)[C@H](C)N)cc1OC. The van der Waals surface area contributed by atoms with Gasteiger partial charge in [-0.1, -0.05) is 0 Å². The van der Waals surface area contributed by atoms with Gasteiger partial charge in [-0.05, 0) is 13.0 Å². The number of hydrogen-bond acceptors (Lipinski definition) is 4. The number of methoxy groups -OCH3 is 2. The van der Waals surface area contributed by atoms with Crippen LogP contribution in [0.2, 0.25) is 0 Å². The van der Waals surface area contributed by atoms with Crippen LogP contribution in [0.4, 0.5) is 4.39 Å². The van der Waals surface area contributed by atoms with E-state index in [4.69, 9.17) is 15.2 Å². The molecule has 0 saturated carbocycles. The number of nitrogens with two attached hydrogens (primary N) is 1. The van der Waals surface area contributed by atoms with Crippen molar-refractivity contribution in [3.63, 3.8) is 0 Å². The molecule has 0 radical (unpaired) electrons. The topological polar surface area (TPSA) is 64.7 Å². The minimum absolute atomic E-state index is 0.104. The Morgan fingerprint density at radius 1 is 1.25 bits per heavy atom. The Hall–Kier alpha value is -1.33. The van der Waals surface area contributed by atoms with Gasteiger partial charge in [-0.3, -0.25) is 0 Å². The maximum Gasteiger partial charge on any atom is 0.163 e. The zero-order valence-electron chi connectivity index (χ0n) is 9.53. The number of aliphatic hydroxyl groups excluding tert-OH is 1. The zero-order chi connectivity index (χ0) is 12.3. The van der Waals surface area contributed by atoms with Gasteiger partial charge in [-0.25, -0.2) is 4.39 Å². The summed E-state index contributed by atoms with van der Waals surface area (Å²) >= 11 is 0. The molecule has 0 aromatic heterocycles. The summed E-state index contributed by atoms with van der Waals surface area (Å²) in [6, 6.07) is 2.00. The van der Waals surface area contributed by atoms with E-state index in [-0.39, 0.29) is 11.3 Å². The quantitative estimate of drug-likeness (QED) is 0.814. The molecule has 1 rings (SSSR count). The molecule has 16 heavy (non-hydrogen) atoms. The van der Waals surface area contributed by atoms with E-state index in [1.54, 1.807) is 6.92 Å². The van der Waals surface area contributed by atoms with Crippen molar-refractivity contribution in [2.75, 3.05) is 14.2 Å².